The van der Waals surface area contributed by atoms with Crippen LogP contribution in [0.1, 0.15) is 6.92 Å². The number of sulfonamides is 1. The highest BCUT2D eigenvalue weighted by molar-refractivity contribution is 7.92. The zero-order chi connectivity index (χ0) is 16.4. The van der Waals surface area contributed by atoms with Crippen LogP contribution in [0.3, 0.4) is 0 Å². The Hall–Kier alpha value is -1.92. The van der Waals surface area contributed by atoms with Gasteiger partial charge in [-0.2, -0.15) is 0 Å². The van der Waals surface area contributed by atoms with Crippen molar-refractivity contribution in [2.75, 3.05) is 24.1 Å². The minimum absolute atomic E-state index is 0.156. The minimum atomic E-state index is -3.72. The maximum atomic E-state index is 12.9. The van der Waals surface area contributed by atoms with Crippen LogP contribution in [0, 0.1) is 0 Å². The number of ether oxygens (including phenoxy) is 2. The standard InChI is InChI=1S/C16H16ClNO4S/c1-2-18(13-5-3-4-12(17)10-13)23(19,20)14-6-7-15-16(11-14)22-9-8-21-15/h3-7,10-11H,2,8-9H2,1H3. The van der Waals surface area contributed by atoms with Gasteiger partial charge in [0.15, 0.2) is 11.5 Å². The lowest BCUT2D eigenvalue weighted by atomic mass is 10.3. The van der Waals surface area contributed by atoms with E-state index < -0.39 is 10.0 Å². The summed E-state index contributed by atoms with van der Waals surface area (Å²) in [5.74, 6) is 1.00. The van der Waals surface area contributed by atoms with Gasteiger partial charge in [-0.25, -0.2) is 8.42 Å². The number of benzene rings is 2. The van der Waals surface area contributed by atoms with E-state index in [-0.39, 0.29) is 11.4 Å². The number of hydrogen-bond donors (Lipinski definition) is 0. The molecule has 5 nitrogen and oxygen atoms in total. The molecule has 7 heteroatoms. The van der Waals surface area contributed by atoms with E-state index in [0.717, 1.165) is 0 Å². The molecule has 0 saturated carbocycles. The van der Waals surface area contributed by atoms with Crippen LogP contribution < -0.4 is 13.8 Å². The third kappa shape index (κ3) is 3.09. The fraction of sp³-hybridized carbons (Fsp3) is 0.250. The molecular formula is C16H16ClNO4S. The van der Waals surface area contributed by atoms with Gasteiger partial charge in [0.1, 0.15) is 13.2 Å². The largest absolute Gasteiger partial charge is 0.486 e. The molecule has 2 aromatic carbocycles. The predicted molar refractivity (Wildman–Crippen MR) is 89.1 cm³/mol. The van der Waals surface area contributed by atoms with Crippen molar-refractivity contribution in [2.45, 2.75) is 11.8 Å². The quantitative estimate of drug-likeness (QED) is 0.846. The van der Waals surface area contributed by atoms with Crippen LogP contribution in [0.25, 0.3) is 0 Å². The van der Waals surface area contributed by atoms with Gasteiger partial charge < -0.3 is 9.47 Å². The Bertz CT molecular complexity index is 823. The highest BCUT2D eigenvalue weighted by Crippen LogP contribution is 2.34. The molecule has 0 atom stereocenters. The van der Waals surface area contributed by atoms with E-state index in [2.05, 4.69) is 0 Å². The number of hydrogen-bond acceptors (Lipinski definition) is 4. The molecule has 0 saturated heterocycles. The first-order valence-electron chi connectivity index (χ1n) is 7.20. The Balaban J connectivity index is 2.02. The molecule has 0 spiro atoms. The van der Waals surface area contributed by atoms with E-state index in [1.165, 1.54) is 16.4 Å². The van der Waals surface area contributed by atoms with E-state index in [9.17, 15) is 8.42 Å². The first kappa shape index (κ1) is 16.0. The highest BCUT2D eigenvalue weighted by atomic mass is 35.5. The van der Waals surface area contributed by atoms with Crippen molar-refractivity contribution in [1.29, 1.82) is 0 Å². The topological polar surface area (TPSA) is 55.8 Å². The first-order chi connectivity index (χ1) is 11.0. The van der Waals surface area contributed by atoms with Gasteiger partial charge in [-0.15, -0.1) is 0 Å². The predicted octanol–water partition coefficient (Wildman–Crippen LogP) is 3.33. The molecule has 0 bridgehead atoms. The summed E-state index contributed by atoms with van der Waals surface area (Å²) in [6.45, 7) is 2.93. The second kappa shape index (κ2) is 6.29. The molecule has 0 aliphatic carbocycles. The summed E-state index contributed by atoms with van der Waals surface area (Å²) < 4.78 is 38.1. The van der Waals surface area contributed by atoms with Crippen molar-refractivity contribution in [3.63, 3.8) is 0 Å². The fourth-order valence-corrected chi connectivity index (χ4v) is 4.10. The third-order valence-corrected chi connectivity index (χ3v) is 5.62. The fourth-order valence-electron chi connectivity index (χ4n) is 2.43. The summed E-state index contributed by atoms with van der Waals surface area (Å²) in [4.78, 5) is 0.156. The van der Waals surface area contributed by atoms with Crippen LogP contribution in [-0.2, 0) is 10.0 Å². The van der Waals surface area contributed by atoms with Crippen LogP contribution in [0.15, 0.2) is 47.4 Å². The average molecular weight is 354 g/mol. The van der Waals surface area contributed by atoms with Crippen molar-refractivity contribution in [3.8, 4) is 11.5 Å². The van der Waals surface area contributed by atoms with E-state index in [4.69, 9.17) is 21.1 Å². The van der Waals surface area contributed by atoms with Crippen molar-refractivity contribution in [1.82, 2.24) is 0 Å². The molecule has 23 heavy (non-hydrogen) atoms. The van der Waals surface area contributed by atoms with Crippen molar-refractivity contribution < 1.29 is 17.9 Å². The summed E-state index contributed by atoms with van der Waals surface area (Å²) in [6.07, 6.45) is 0. The summed E-state index contributed by atoms with van der Waals surface area (Å²) in [5.41, 5.74) is 0.523. The molecule has 0 unspecified atom stereocenters. The molecular weight excluding hydrogens is 338 g/mol. The van der Waals surface area contributed by atoms with Crippen molar-refractivity contribution in [3.05, 3.63) is 47.5 Å². The zero-order valence-corrected chi connectivity index (χ0v) is 14.1. The number of rotatable bonds is 4. The molecule has 122 valence electrons. The normalized spacial score (nSPS) is 13.7. The molecule has 1 aliphatic rings. The van der Waals surface area contributed by atoms with Gasteiger partial charge in [0.2, 0.25) is 0 Å². The number of fused-ring (bicyclic) bond motifs is 1. The summed E-state index contributed by atoms with van der Waals surface area (Å²) in [7, 11) is -3.72. The monoisotopic (exact) mass is 353 g/mol. The van der Waals surface area contributed by atoms with Crippen LogP contribution in [0.4, 0.5) is 5.69 Å². The smallest absolute Gasteiger partial charge is 0.264 e. The van der Waals surface area contributed by atoms with Gasteiger partial charge in [-0.05, 0) is 37.3 Å². The zero-order valence-electron chi connectivity index (χ0n) is 12.5. The molecule has 0 N–H and O–H groups in total. The van der Waals surface area contributed by atoms with E-state index in [0.29, 0.717) is 35.4 Å². The Morgan fingerprint density at radius 2 is 1.83 bits per heavy atom. The highest BCUT2D eigenvalue weighted by Gasteiger charge is 2.26. The molecule has 0 fully saturated rings. The van der Waals surface area contributed by atoms with Gasteiger partial charge in [0.05, 0.1) is 10.6 Å². The second-order valence-corrected chi connectivity index (χ2v) is 7.25. The Kier molecular flexibility index (Phi) is 4.37. The summed E-state index contributed by atoms with van der Waals surface area (Å²) >= 11 is 5.98. The number of halogens is 1. The average Bonchev–Trinajstić information content (AvgIpc) is 2.55. The van der Waals surface area contributed by atoms with Gasteiger partial charge >= 0.3 is 0 Å². The summed E-state index contributed by atoms with van der Waals surface area (Å²) in [6, 6.07) is 11.4. The van der Waals surface area contributed by atoms with Gasteiger partial charge in [-0.1, -0.05) is 17.7 Å². The van der Waals surface area contributed by atoms with Gasteiger partial charge in [-0.3, -0.25) is 4.31 Å². The van der Waals surface area contributed by atoms with E-state index >= 15 is 0 Å². The lowest BCUT2D eigenvalue weighted by molar-refractivity contribution is 0.171. The Morgan fingerprint density at radius 3 is 2.52 bits per heavy atom. The van der Waals surface area contributed by atoms with E-state index in [1.807, 2.05) is 0 Å². The first-order valence-corrected chi connectivity index (χ1v) is 9.02. The molecule has 2 aromatic rings. The number of anilines is 1. The minimum Gasteiger partial charge on any atom is -0.486 e. The lowest BCUT2D eigenvalue weighted by Gasteiger charge is -2.24. The number of nitrogens with zero attached hydrogens (tertiary/aromatic N) is 1. The lowest BCUT2D eigenvalue weighted by Crippen LogP contribution is -2.30. The van der Waals surface area contributed by atoms with Crippen LogP contribution >= 0.6 is 11.6 Å². The maximum absolute atomic E-state index is 12.9. The third-order valence-electron chi connectivity index (χ3n) is 3.49. The van der Waals surface area contributed by atoms with Crippen LogP contribution in [0.2, 0.25) is 5.02 Å². The van der Waals surface area contributed by atoms with Crippen LogP contribution in [0.5, 0.6) is 11.5 Å². The second-order valence-electron chi connectivity index (χ2n) is 4.96. The Morgan fingerprint density at radius 1 is 1.09 bits per heavy atom. The van der Waals surface area contributed by atoms with Crippen molar-refractivity contribution >= 4 is 27.3 Å². The van der Waals surface area contributed by atoms with Gasteiger partial charge in [0.25, 0.3) is 10.0 Å². The Labute approximate surface area is 140 Å². The molecule has 0 radical (unpaired) electrons. The molecule has 0 amide bonds. The SMILES string of the molecule is CCN(c1cccc(Cl)c1)S(=O)(=O)c1ccc2c(c1)OCCO2. The molecule has 3 rings (SSSR count). The molecule has 0 aromatic heterocycles. The molecule has 1 heterocycles. The molecule has 1 aliphatic heterocycles. The maximum Gasteiger partial charge on any atom is 0.264 e. The van der Waals surface area contributed by atoms with E-state index in [1.54, 1.807) is 37.3 Å². The van der Waals surface area contributed by atoms with Crippen LogP contribution in [-0.4, -0.2) is 28.2 Å². The van der Waals surface area contributed by atoms with Gasteiger partial charge in [0, 0.05) is 17.6 Å². The summed E-state index contributed by atoms with van der Waals surface area (Å²) in [5, 5.41) is 0.485. The van der Waals surface area contributed by atoms with Crippen molar-refractivity contribution in [2.24, 2.45) is 0 Å².